The summed E-state index contributed by atoms with van der Waals surface area (Å²) < 4.78 is 19.7. The monoisotopic (exact) mass is 302 g/mol. The van der Waals surface area contributed by atoms with Crippen molar-refractivity contribution in [2.75, 3.05) is 5.73 Å². The molecule has 0 aliphatic heterocycles. The highest BCUT2D eigenvalue weighted by Crippen LogP contribution is 2.32. The lowest BCUT2D eigenvalue weighted by molar-refractivity contribution is 0.294. The van der Waals surface area contributed by atoms with Crippen LogP contribution in [0.25, 0.3) is 10.9 Å². The maximum atomic E-state index is 14.1. The van der Waals surface area contributed by atoms with Crippen LogP contribution in [0, 0.1) is 5.82 Å². The van der Waals surface area contributed by atoms with Gasteiger partial charge < -0.3 is 10.5 Å². The highest BCUT2D eigenvalue weighted by atomic mass is 35.5. The molecule has 0 spiro atoms. The van der Waals surface area contributed by atoms with Gasteiger partial charge in [-0.05, 0) is 18.2 Å². The normalized spacial score (nSPS) is 10.8. The first-order valence-corrected chi connectivity index (χ1v) is 6.73. The van der Waals surface area contributed by atoms with Crippen LogP contribution < -0.4 is 10.5 Å². The molecule has 0 bridgehead atoms. The van der Waals surface area contributed by atoms with Gasteiger partial charge in [-0.15, -0.1) is 0 Å². The standard InChI is InChI=1S/C16H12ClFN2O/c17-12-6-2-1-4-10(12)9-21-16-13(18)8-14(19)11-5-3-7-20-15(11)16/h1-8H,9,19H2. The minimum atomic E-state index is -0.536. The van der Waals surface area contributed by atoms with Gasteiger partial charge in [-0.1, -0.05) is 29.8 Å². The Morgan fingerprint density at radius 3 is 2.81 bits per heavy atom. The van der Waals surface area contributed by atoms with Crippen molar-refractivity contribution >= 4 is 28.2 Å². The molecule has 3 aromatic rings. The largest absolute Gasteiger partial charge is 0.483 e. The van der Waals surface area contributed by atoms with Crippen LogP contribution in [0.3, 0.4) is 0 Å². The highest BCUT2D eigenvalue weighted by Gasteiger charge is 2.13. The summed E-state index contributed by atoms with van der Waals surface area (Å²) in [6, 6.07) is 12.0. The lowest BCUT2D eigenvalue weighted by atomic mass is 10.1. The number of rotatable bonds is 3. The fraction of sp³-hybridized carbons (Fsp3) is 0.0625. The van der Waals surface area contributed by atoms with Crippen molar-refractivity contribution in [1.82, 2.24) is 4.98 Å². The van der Waals surface area contributed by atoms with Gasteiger partial charge in [0.25, 0.3) is 0 Å². The van der Waals surface area contributed by atoms with Crippen molar-refractivity contribution in [2.45, 2.75) is 6.61 Å². The predicted octanol–water partition coefficient (Wildman–Crippen LogP) is 4.19. The summed E-state index contributed by atoms with van der Waals surface area (Å²) in [6.45, 7) is 0.159. The minimum Gasteiger partial charge on any atom is -0.483 e. The van der Waals surface area contributed by atoms with E-state index in [4.69, 9.17) is 22.1 Å². The zero-order valence-electron chi connectivity index (χ0n) is 11.0. The molecular weight excluding hydrogens is 291 g/mol. The summed E-state index contributed by atoms with van der Waals surface area (Å²) >= 11 is 6.06. The third-order valence-electron chi connectivity index (χ3n) is 3.16. The average molecular weight is 303 g/mol. The van der Waals surface area contributed by atoms with Crippen molar-refractivity contribution in [1.29, 1.82) is 0 Å². The van der Waals surface area contributed by atoms with E-state index in [1.54, 1.807) is 24.4 Å². The van der Waals surface area contributed by atoms with Crippen LogP contribution in [0.2, 0.25) is 5.02 Å². The lowest BCUT2D eigenvalue weighted by Gasteiger charge is -2.12. The molecule has 0 saturated carbocycles. The number of halogens is 2. The van der Waals surface area contributed by atoms with E-state index < -0.39 is 5.82 Å². The Morgan fingerprint density at radius 1 is 1.19 bits per heavy atom. The number of hydrogen-bond acceptors (Lipinski definition) is 3. The van der Waals surface area contributed by atoms with E-state index >= 15 is 0 Å². The molecule has 1 aromatic heterocycles. The number of ether oxygens (including phenoxy) is 1. The zero-order chi connectivity index (χ0) is 14.8. The Kier molecular flexibility index (Phi) is 3.62. The minimum absolute atomic E-state index is 0.0831. The van der Waals surface area contributed by atoms with Gasteiger partial charge in [-0.3, -0.25) is 4.98 Å². The summed E-state index contributed by atoms with van der Waals surface area (Å²) in [5.74, 6) is -0.453. The summed E-state index contributed by atoms with van der Waals surface area (Å²) in [7, 11) is 0. The smallest absolute Gasteiger partial charge is 0.181 e. The molecule has 2 aromatic carbocycles. The molecule has 1 heterocycles. The Labute approximate surface area is 126 Å². The summed E-state index contributed by atoms with van der Waals surface area (Å²) in [5.41, 5.74) is 7.32. The maximum Gasteiger partial charge on any atom is 0.181 e. The van der Waals surface area contributed by atoms with E-state index in [0.717, 1.165) is 5.56 Å². The van der Waals surface area contributed by atoms with Crippen molar-refractivity contribution in [3.8, 4) is 5.75 Å². The molecule has 0 radical (unpaired) electrons. The number of hydrogen-bond donors (Lipinski definition) is 1. The molecule has 5 heteroatoms. The molecule has 21 heavy (non-hydrogen) atoms. The van der Waals surface area contributed by atoms with Gasteiger partial charge in [0.05, 0.1) is 0 Å². The predicted molar refractivity (Wildman–Crippen MR) is 81.9 cm³/mol. The van der Waals surface area contributed by atoms with Crippen LogP contribution in [0.1, 0.15) is 5.56 Å². The van der Waals surface area contributed by atoms with Gasteiger partial charge in [-0.25, -0.2) is 4.39 Å². The molecule has 0 saturated heterocycles. The van der Waals surface area contributed by atoms with Crippen LogP contribution in [0.4, 0.5) is 10.1 Å². The molecule has 0 fully saturated rings. The number of nitrogens with two attached hydrogens (primary N) is 1. The second-order valence-corrected chi connectivity index (χ2v) is 4.96. The number of fused-ring (bicyclic) bond motifs is 1. The van der Waals surface area contributed by atoms with Crippen LogP contribution in [-0.4, -0.2) is 4.98 Å². The lowest BCUT2D eigenvalue weighted by Crippen LogP contribution is -2.01. The van der Waals surface area contributed by atoms with E-state index in [1.807, 2.05) is 18.2 Å². The molecule has 0 atom stereocenters. The Bertz CT molecular complexity index is 807. The third-order valence-corrected chi connectivity index (χ3v) is 3.53. The van der Waals surface area contributed by atoms with Crippen LogP contribution in [0.15, 0.2) is 48.7 Å². The Morgan fingerprint density at radius 2 is 2.00 bits per heavy atom. The number of aromatic nitrogens is 1. The Hall–Kier alpha value is -2.33. The first kappa shape index (κ1) is 13.6. The molecule has 106 valence electrons. The van der Waals surface area contributed by atoms with E-state index in [2.05, 4.69) is 4.98 Å². The molecule has 3 rings (SSSR count). The highest BCUT2D eigenvalue weighted by molar-refractivity contribution is 6.31. The molecule has 0 amide bonds. The number of pyridine rings is 1. The first-order chi connectivity index (χ1) is 10.2. The van der Waals surface area contributed by atoms with Crippen LogP contribution in [-0.2, 0) is 6.61 Å². The zero-order valence-corrected chi connectivity index (χ0v) is 11.8. The summed E-state index contributed by atoms with van der Waals surface area (Å²) in [4.78, 5) is 4.16. The number of nitrogen functional groups attached to an aromatic ring is 1. The molecule has 0 unspecified atom stereocenters. The van der Waals surface area contributed by atoms with E-state index in [9.17, 15) is 4.39 Å². The van der Waals surface area contributed by atoms with Crippen LogP contribution >= 0.6 is 11.6 Å². The molecule has 0 aliphatic rings. The van der Waals surface area contributed by atoms with Crippen molar-refractivity contribution in [3.63, 3.8) is 0 Å². The van der Waals surface area contributed by atoms with Crippen LogP contribution in [0.5, 0.6) is 5.75 Å². The topological polar surface area (TPSA) is 48.1 Å². The first-order valence-electron chi connectivity index (χ1n) is 6.35. The second-order valence-electron chi connectivity index (χ2n) is 4.56. The third kappa shape index (κ3) is 2.62. The van der Waals surface area contributed by atoms with Gasteiger partial charge in [-0.2, -0.15) is 0 Å². The number of benzene rings is 2. The average Bonchev–Trinajstić information content (AvgIpc) is 2.49. The quantitative estimate of drug-likeness (QED) is 0.738. The molecule has 0 aliphatic carbocycles. The fourth-order valence-electron chi connectivity index (χ4n) is 2.11. The fourth-order valence-corrected chi connectivity index (χ4v) is 2.31. The Balaban J connectivity index is 1.99. The molecule has 3 nitrogen and oxygen atoms in total. The van der Waals surface area contributed by atoms with Gasteiger partial charge in [0.1, 0.15) is 12.1 Å². The molecule has 2 N–H and O–H groups in total. The summed E-state index contributed by atoms with van der Waals surface area (Å²) in [5, 5.41) is 1.23. The van der Waals surface area contributed by atoms with Crippen molar-refractivity contribution < 1.29 is 9.13 Å². The maximum absolute atomic E-state index is 14.1. The van der Waals surface area contributed by atoms with Gasteiger partial charge in [0.15, 0.2) is 11.6 Å². The van der Waals surface area contributed by atoms with Crippen molar-refractivity contribution in [3.05, 3.63) is 65.1 Å². The van der Waals surface area contributed by atoms with E-state index in [-0.39, 0.29) is 12.4 Å². The summed E-state index contributed by atoms with van der Waals surface area (Å²) in [6.07, 6.45) is 1.57. The van der Waals surface area contributed by atoms with Gasteiger partial charge >= 0.3 is 0 Å². The van der Waals surface area contributed by atoms with Crippen molar-refractivity contribution in [2.24, 2.45) is 0 Å². The number of nitrogens with zero attached hydrogens (tertiary/aromatic N) is 1. The van der Waals surface area contributed by atoms with E-state index in [1.165, 1.54) is 6.07 Å². The second kappa shape index (κ2) is 5.58. The molecular formula is C16H12ClFN2O. The van der Waals surface area contributed by atoms with Gasteiger partial charge in [0.2, 0.25) is 0 Å². The van der Waals surface area contributed by atoms with E-state index in [0.29, 0.717) is 21.6 Å². The number of anilines is 1. The SMILES string of the molecule is Nc1cc(F)c(OCc2ccccc2Cl)c2ncccc12. The van der Waals surface area contributed by atoms with Gasteiger partial charge in [0, 0.05) is 33.9 Å².